The lowest BCUT2D eigenvalue weighted by Crippen LogP contribution is -1.95. The lowest BCUT2D eigenvalue weighted by Gasteiger charge is -2.07. The van der Waals surface area contributed by atoms with E-state index in [1.165, 1.54) is 12.1 Å². The molecule has 0 atom stereocenters. The molecular formula is C19H14N2O2S. The summed E-state index contributed by atoms with van der Waals surface area (Å²) < 4.78 is 0. The average Bonchev–Trinajstić information content (AvgIpc) is 2.63. The molecule has 0 fully saturated rings. The smallest absolute Gasteiger partial charge is 0.258 e. The zero-order valence-corrected chi connectivity index (χ0v) is 13.5. The highest BCUT2D eigenvalue weighted by atomic mass is 32.2. The summed E-state index contributed by atoms with van der Waals surface area (Å²) in [7, 11) is 0. The van der Waals surface area contributed by atoms with Crippen LogP contribution in [-0.2, 0) is 0 Å². The summed E-state index contributed by atoms with van der Waals surface area (Å²) in [5.74, 6) is 0. The number of nitro benzene ring substituents is 1. The van der Waals surface area contributed by atoms with Crippen molar-refractivity contribution in [1.29, 1.82) is 0 Å². The number of aliphatic imine (C=N–C) groups is 1. The summed E-state index contributed by atoms with van der Waals surface area (Å²) in [6.07, 6.45) is 0. The molecule has 0 aromatic heterocycles. The minimum absolute atomic E-state index is 0.0610. The Morgan fingerprint density at radius 3 is 2.00 bits per heavy atom. The molecule has 0 radical (unpaired) electrons. The summed E-state index contributed by atoms with van der Waals surface area (Å²) in [4.78, 5) is 16.1. The number of thioether (sulfide) groups is 1. The van der Waals surface area contributed by atoms with Gasteiger partial charge in [0.15, 0.2) is 0 Å². The van der Waals surface area contributed by atoms with E-state index < -0.39 is 4.92 Å². The number of benzene rings is 3. The summed E-state index contributed by atoms with van der Waals surface area (Å²) in [6.45, 7) is 0. The van der Waals surface area contributed by atoms with Gasteiger partial charge in [0.2, 0.25) is 0 Å². The van der Waals surface area contributed by atoms with Crippen molar-refractivity contribution in [2.45, 2.75) is 4.90 Å². The highest BCUT2D eigenvalue weighted by molar-refractivity contribution is 8.14. The first-order valence-corrected chi connectivity index (χ1v) is 8.15. The molecule has 3 aromatic carbocycles. The van der Waals surface area contributed by atoms with Crippen LogP contribution in [0.4, 0.5) is 11.4 Å². The second-order valence-corrected chi connectivity index (χ2v) is 6.03. The van der Waals surface area contributed by atoms with E-state index in [0.717, 1.165) is 15.5 Å². The summed E-state index contributed by atoms with van der Waals surface area (Å²) in [6, 6.07) is 26.1. The highest BCUT2D eigenvalue weighted by Crippen LogP contribution is 2.27. The van der Waals surface area contributed by atoms with E-state index in [9.17, 15) is 10.1 Å². The Kier molecular flexibility index (Phi) is 5.03. The Labute approximate surface area is 144 Å². The summed E-state index contributed by atoms with van der Waals surface area (Å²) in [5.41, 5.74) is 1.75. The van der Waals surface area contributed by atoms with Gasteiger partial charge in [-0.15, -0.1) is 0 Å². The maximum atomic E-state index is 10.8. The Hall–Kier alpha value is -2.92. The molecule has 0 aliphatic carbocycles. The molecule has 24 heavy (non-hydrogen) atoms. The molecule has 0 unspecified atom stereocenters. The third-order valence-corrected chi connectivity index (χ3v) is 4.30. The third-order valence-electron chi connectivity index (χ3n) is 3.27. The van der Waals surface area contributed by atoms with Crippen molar-refractivity contribution in [3.8, 4) is 0 Å². The number of non-ortho nitro benzene ring substituents is 1. The predicted octanol–water partition coefficient (Wildman–Crippen LogP) is 5.47. The minimum Gasteiger partial charge on any atom is -0.258 e. The van der Waals surface area contributed by atoms with Gasteiger partial charge in [-0.2, -0.15) is 0 Å². The molecule has 0 N–H and O–H groups in total. The molecule has 0 aliphatic rings. The average molecular weight is 334 g/mol. The molecule has 0 saturated carbocycles. The lowest BCUT2D eigenvalue weighted by molar-refractivity contribution is -0.384. The molecule has 3 rings (SSSR count). The van der Waals surface area contributed by atoms with E-state index in [-0.39, 0.29) is 5.69 Å². The Balaban J connectivity index is 1.96. The van der Waals surface area contributed by atoms with Crippen LogP contribution in [-0.4, -0.2) is 9.97 Å². The van der Waals surface area contributed by atoms with Crippen molar-refractivity contribution in [2.75, 3.05) is 0 Å². The van der Waals surface area contributed by atoms with Crippen LogP contribution < -0.4 is 0 Å². The molecule has 0 spiro atoms. The van der Waals surface area contributed by atoms with Crippen molar-refractivity contribution < 1.29 is 4.92 Å². The lowest BCUT2D eigenvalue weighted by atomic mass is 10.2. The fourth-order valence-corrected chi connectivity index (χ4v) is 3.01. The summed E-state index contributed by atoms with van der Waals surface area (Å²) in [5, 5.41) is 11.6. The van der Waals surface area contributed by atoms with Crippen molar-refractivity contribution in [3.05, 3.63) is 101 Å². The quantitative estimate of drug-likeness (QED) is 0.209. The van der Waals surface area contributed by atoms with Crippen LogP contribution in [0.15, 0.2) is 94.8 Å². The topological polar surface area (TPSA) is 55.5 Å². The van der Waals surface area contributed by atoms with E-state index in [2.05, 4.69) is 4.99 Å². The zero-order chi connectivity index (χ0) is 16.8. The molecule has 0 heterocycles. The minimum atomic E-state index is -0.412. The number of nitrogens with zero attached hydrogens (tertiary/aromatic N) is 2. The number of rotatable bonds is 4. The van der Waals surface area contributed by atoms with Crippen LogP contribution in [0, 0.1) is 10.1 Å². The van der Waals surface area contributed by atoms with E-state index in [0.29, 0.717) is 5.69 Å². The summed E-state index contributed by atoms with van der Waals surface area (Å²) >= 11 is 1.56. The molecule has 0 amide bonds. The second-order valence-electron chi connectivity index (χ2n) is 4.97. The van der Waals surface area contributed by atoms with Gasteiger partial charge < -0.3 is 0 Å². The van der Waals surface area contributed by atoms with Crippen LogP contribution in [0.3, 0.4) is 0 Å². The first-order valence-electron chi connectivity index (χ1n) is 7.34. The fourth-order valence-electron chi connectivity index (χ4n) is 2.09. The van der Waals surface area contributed by atoms with Crippen molar-refractivity contribution in [2.24, 2.45) is 4.99 Å². The Morgan fingerprint density at radius 2 is 1.42 bits per heavy atom. The number of nitro groups is 1. The van der Waals surface area contributed by atoms with E-state index in [4.69, 9.17) is 0 Å². The maximum absolute atomic E-state index is 10.8. The number of hydrogen-bond donors (Lipinski definition) is 0. The maximum Gasteiger partial charge on any atom is 0.269 e. The van der Waals surface area contributed by atoms with E-state index in [1.807, 2.05) is 60.7 Å². The normalized spacial score (nSPS) is 11.2. The first kappa shape index (κ1) is 16.0. The van der Waals surface area contributed by atoms with Gasteiger partial charge in [0.05, 0.1) is 10.6 Å². The third kappa shape index (κ3) is 4.08. The van der Waals surface area contributed by atoms with E-state index in [1.54, 1.807) is 23.9 Å². The van der Waals surface area contributed by atoms with Crippen LogP contribution in [0.1, 0.15) is 5.56 Å². The second kappa shape index (κ2) is 7.57. The van der Waals surface area contributed by atoms with Crippen molar-refractivity contribution in [1.82, 2.24) is 0 Å². The molecule has 118 valence electrons. The van der Waals surface area contributed by atoms with Gasteiger partial charge in [-0.3, -0.25) is 10.1 Å². The Bertz CT molecular complexity index is 848. The monoisotopic (exact) mass is 334 g/mol. The standard InChI is InChI=1S/C19H14N2O2S/c22-21(23)17-13-11-16(12-14-17)20-19(15-7-3-1-4-8-15)24-18-9-5-2-6-10-18/h1-14H. The molecule has 4 nitrogen and oxygen atoms in total. The van der Waals surface area contributed by atoms with Crippen molar-refractivity contribution in [3.63, 3.8) is 0 Å². The van der Waals surface area contributed by atoms with Crippen LogP contribution in [0.2, 0.25) is 0 Å². The van der Waals surface area contributed by atoms with Gasteiger partial charge >= 0.3 is 0 Å². The van der Waals surface area contributed by atoms with Gasteiger partial charge in [0.25, 0.3) is 5.69 Å². The van der Waals surface area contributed by atoms with E-state index >= 15 is 0 Å². The van der Waals surface area contributed by atoms with Crippen LogP contribution >= 0.6 is 11.8 Å². The van der Waals surface area contributed by atoms with Gasteiger partial charge in [0.1, 0.15) is 5.04 Å². The molecule has 3 aromatic rings. The largest absolute Gasteiger partial charge is 0.269 e. The highest BCUT2D eigenvalue weighted by Gasteiger charge is 2.08. The molecule has 5 heteroatoms. The molecule has 0 saturated heterocycles. The fraction of sp³-hybridized carbons (Fsp3) is 0. The SMILES string of the molecule is O=[N+]([O-])c1ccc(N=C(Sc2ccccc2)c2ccccc2)cc1. The van der Waals surface area contributed by atoms with Gasteiger partial charge in [-0.1, -0.05) is 60.3 Å². The van der Waals surface area contributed by atoms with Gasteiger partial charge in [-0.05, 0) is 24.3 Å². The molecule has 0 bridgehead atoms. The van der Waals surface area contributed by atoms with Gasteiger partial charge in [0, 0.05) is 22.6 Å². The first-order chi connectivity index (χ1) is 11.7. The predicted molar refractivity (Wildman–Crippen MR) is 98.0 cm³/mol. The van der Waals surface area contributed by atoms with Gasteiger partial charge in [-0.25, -0.2) is 4.99 Å². The van der Waals surface area contributed by atoms with Crippen molar-refractivity contribution >= 4 is 28.2 Å². The number of hydrogen-bond acceptors (Lipinski definition) is 4. The molecule has 0 aliphatic heterocycles. The van der Waals surface area contributed by atoms with Crippen LogP contribution in [0.25, 0.3) is 0 Å². The Morgan fingerprint density at radius 1 is 0.833 bits per heavy atom. The molecular weight excluding hydrogens is 320 g/mol. The zero-order valence-electron chi connectivity index (χ0n) is 12.7. The van der Waals surface area contributed by atoms with Crippen LogP contribution in [0.5, 0.6) is 0 Å².